The molecule has 0 radical (unpaired) electrons. The lowest BCUT2D eigenvalue weighted by atomic mass is 9.89. The van der Waals surface area contributed by atoms with Crippen LogP contribution in [-0.2, 0) is 4.79 Å². The fourth-order valence-corrected chi connectivity index (χ4v) is 2.16. The maximum Gasteiger partial charge on any atom is 0.308 e. The lowest BCUT2D eigenvalue weighted by Gasteiger charge is -2.14. The molecule has 7 heteroatoms. The minimum Gasteiger partial charge on any atom is -0.481 e. The summed E-state index contributed by atoms with van der Waals surface area (Å²) < 4.78 is 0. The van der Waals surface area contributed by atoms with Crippen molar-refractivity contribution in [2.75, 3.05) is 13.1 Å². The average Bonchev–Trinajstić information content (AvgIpc) is 2.78. The van der Waals surface area contributed by atoms with Crippen molar-refractivity contribution in [1.82, 2.24) is 5.32 Å². The van der Waals surface area contributed by atoms with Gasteiger partial charge >= 0.3 is 5.97 Å². The monoisotopic (exact) mass is 272 g/mol. The number of halogens is 1. The molecule has 18 heavy (non-hydrogen) atoms. The molecule has 0 amide bonds. The standard InChI is InChI=1S/C11H12N2O4.ClH/c14-11(15)10-6-12-5-9(10)7-2-1-3-8(4-7)13(16)17;/h1-4,9-10,12H,5-6H2,(H,14,15);1H/t9-,10+;/m1./s1. The molecule has 0 spiro atoms. The van der Waals surface area contributed by atoms with Gasteiger partial charge in [0, 0.05) is 31.1 Å². The van der Waals surface area contributed by atoms with Crippen LogP contribution in [0.3, 0.4) is 0 Å². The number of carbonyl (C=O) groups is 1. The Hall–Kier alpha value is -1.66. The van der Waals surface area contributed by atoms with E-state index < -0.39 is 16.8 Å². The number of nitrogens with one attached hydrogen (secondary N) is 1. The molecule has 2 atom stereocenters. The third kappa shape index (κ3) is 2.77. The minimum absolute atomic E-state index is 0. The molecule has 1 saturated heterocycles. The highest BCUT2D eigenvalue weighted by molar-refractivity contribution is 5.85. The van der Waals surface area contributed by atoms with Crippen LogP contribution < -0.4 is 5.32 Å². The number of carboxylic acids is 1. The molecule has 0 aromatic heterocycles. The molecule has 0 aliphatic carbocycles. The summed E-state index contributed by atoms with van der Waals surface area (Å²) in [6.45, 7) is 0.945. The molecule has 2 rings (SSSR count). The fraction of sp³-hybridized carbons (Fsp3) is 0.364. The van der Waals surface area contributed by atoms with Crippen LogP contribution in [0.4, 0.5) is 5.69 Å². The van der Waals surface area contributed by atoms with E-state index in [0.717, 1.165) is 0 Å². The van der Waals surface area contributed by atoms with Gasteiger partial charge in [0.05, 0.1) is 10.8 Å². The molecule has 6 nitrogen and oxygen atoms in total. The Bertz CT molecular complexity index is 466. The molecule has 1 aromatic rings. The summed E-state index contributed by atoms with van der Waals surface area (Å²) in [5, 5.41) is 22.7. The normalized spacial score (nSPS) is 22.2. The van der Waals surface area contributed by atoms with Gasteiger partial charge in [0.15, 0.2) is 0 Å². The van der Waals surface area contributed by atoms with E-state index in [0.29, 0.717) is 18.7 Å². The van der Waals surface area contributed by atoms with Crippen LogP contribution in [0.15, 0.2) is 24.3 Å². The highest BCUT2D eigenvalue weighted by atomic mass is 35.5. The molecule has 1 fully saturated rings. The van der Waals surface area contributed by atoms with Crippen LogP contribution >= 0.6 is 12.4 Å². The first kappa shape index (κ1) is 14.4. The first-order valence-corrected chi connectivity index (χ1v) is 5.27. The first-order chi connectivity index (χ1) is 8.09. The largest absolute Gasteiger partial charge is 0.481 e. The van der Waals surface area contributed by atoms with E-state index in [-0.39, 0.29) is 24.0 Å². The van der Waals surface area contributed by atoms with Crippen molar-refractivity contribution in [1.29, 1.82) is 0 Å². The summed E-state index contributed by atoms with van der Waals surface area (Å²) in [7, 11) is 0. The lowest BCUT2D eigenvalue weighted by Crippen LogP contribution is -2.21. The highest BCUT2D eigenvalue weighted by Crippen LogP contribution is 2.30. The number of non-ortho nitro benzene ring substituents is 1. The van der Waals surface area contributed by atoms with E-state index in [2.05, 4.69) is 5.32 Å². The van der Waals surface area contributed by atoms with Gasteiger partial charge in [0.1, 0.15) is 0 Å². The number of aliphatic carboxylic acids is 1. The fourth-order valence-electron chi connectivity index (χ4n) is 2.16. The number of rotatable bonds is 3. The van der Waals surface area contributed by atoms with Crippen molar-refractivity contribution in [3.63, 3.8) is 0 Å². The second-order valence-corrected chi connectivity index (χ2v) is 4.06. The van der Waals surface area contributed by atoms with Gasteiger partial charge in [-0.15, -0.1) is 12.4 Å². The van der Waals surface area contributed by atoms with Crippen molar-refractivity contribution in [2.24, 2.45) is 5.92 Å². The van der Waals surface area contributed by atoms with Crippen LogP contribution in [0.25, 0.3) is 0 Å². The molecular weight excluding hydrogens is 260 g/mol. The van der Waals surface area contributed by atoms with E-state index >= 15 is 0 Å². The Morgan fingerprint density at radius 1 is 1.44 bits per heavy atom. The molecule has 0 unspecified atom stereocenters. The summed E-state index contributed by atoms with van der Waals surface area (Å²) in [4.78, 5) is 21.2. The smallest absolute Gasteiger partial charge is 0.308 e. The maximum atomic E-state index is 11.0. The van der Waals surface area contributed by atoms with Gasteiger partial charge in [-0.1, -0.05) is 12.1 Å². The summed E-state index contributed by atoms with van der Waals surface area (Å²) in [6.07, 6.45) is 0. The number of benzene rings is 1. The van der Waals surface area contributed by atoms with Crippen molar-refractivity contribution in [3.05, 3.63) is 39.9 Å². The molecule has 0 saturated carbocycles. The average molecular weight is 273 g/mol. The van der Waals surface area contributed by atoms with Crippen LogP contribution in [-0.4, -0.2) is 29.1 Å². The third-order valence-electron chi connectivity index (χ3n) is 3.04. The molecule has 98 valence electrons. The Morgan fingerprint density at radius 2 is 2.17 bits per heavy atom. The highest BCUT2D eigenvalue weighted by Gasteiger charge is 2.34. The van der Waals surface area contributed by atoms with Crippen LogP contribution in [0, 0.1) is 16.0 Å². The van der Waals surface area contributed by atoms with Gasteiger partial charge in [-0.2, -0.15) is 0 Å². The second-order valence-electron chi connectivity index (χ2n) is 4.06. The number of nitro groups is 1. The second kappa shape index (κ2) is 5.79. The topological polar surface area (TPSA) is 92.5 Å². The van der Waals surface area contributed by atoms with E-state index in [9.17, 15) is 14.9 Å². The van der Waals surface area contributed by atoms with E-state index in [4.69, 9.17) is 5.11 Å². The Kier molecular flexibility index (Phi) is 4.63. The van der Waals surface area contributed by atoms with Crippen molar-refractivity contribution >= 4 is 24.1 Å². The number of carboxylic acid groups (broad SMARTS) is 1. The van der Waals surface area contributed by atoms with E-state index in [1.807, 2.05) is 0 Å². The predicted octanol–water partition coefficient (Wildman–Crippen LogP) is 1.40. The molecule has 1 heterocycles. The van der Waals surface area contributed by atoms with Crippen LogP contribution in [0.2, 0.25) is 0 Å². The Morgan fingerprint density at radius 3 is 2.78 bits per heavy atom. The van der Waals surface area contributed by atoms with Gasteiger partial charge in [-0.05, 0) is 5.56 Å². The predicted molar refractivity (Wildman–Crippen MR) is 67.1 cm³/mol. The zero-order chi connectivity index (χ0) is 12.4. The molecule has 1 aliphatic rings. The Labute approximate surface area is 110 Å². The van der Waals surface area contributed by atoms with Gasteiger partial charge in [-0.3, -0.25) is 14.9 Å². The van der Waals surface area contributed by atoms with Gasteiger partial charge in [0.25, 0.3) is 5.69 Å². The third-order valence-corrected chi connectivity index (χ3v) is 3.04. The summed E-state index contributed by atoms with van der Waals surface area (Å²) in [6, 6.07) is 6.18. The van der Waals surface area contributed by atoms with Crippen molar-refractivity contribution in [3.8, 4) is 0 Å². The quantitative estimate of drug-likeness (QED) is 0.641. The van der Waals surface area contributed by atoms with Gasteiger partial charge < -0.3 is 10.4 Å². The zero-order valence-electron chi connectivity index (χ0n) is 9.41. The summed E-state index contributed by atoms with van der Waals surface area (Å²) in [5.74, 6) is -1.59. The number of hydrogen-bond donors (Lipinski definition) is 2. The molecule has 1 aromatic carbocycles. The van der Waals surface area contributed by atoms with Crippen LogP contribution in [0.5, 0.6) is 0 Å². The maximum absolute atomic E-state index is 11.0. The Balaban J connectivity index is 0.00000162. The number of nitro benzene ring substituents is 1. The SMILES string of the molecule is Cl.O=C(O)[C@H]1CNC[C@@H]1c1cccc([N+](=O)[O-])c1. The summed E-state index contributed by atoms with van der Waals surface area (Å²) >= 11 is 0. The zero-order valence-corrected chi connectivity index (χ0v) is 10.2. The van der Waals surface area contributed by atoms with E-state index in [1.54, 1.807) is 12.1 Å². The van der Waals surface area contributed by atoms with E-state index in [1.165, 1.54) is 12.1 Å². The molecule has 0 bridgehead atoms. The van der Waals surface area contributed by atoms with Gasteiger partial charge in [0.2, 0.25) is 0 Å². The molecule has 1 aliphatic heterocycles. The van der Waals surface area contributed by atoms with Crippen LogP contribution in [0.1, 0.15) is 11.5 Å². The summed E-state index contributed by atoms with van der Waals surface area (Å²) in [5.41, 5.74) is 0.704. The lowest BCUT2D eigenvalue weighted by molar-refractivity contribution is -0.384. The first-order valence-electron chi connectivity index (χ1n) is 5.27. The van der Waals surface area contributed by atoms with Crippen molar-refractivity contribution < 1.29 is 14.8 Å². The minimum atomic E-state index is -0.869. The van der Waals surface area contributed by atoms with Gasteiger partial charge in [-0.25, -0.2) is 0 Å². The molecular formula is C11H13ClN2O4. The molecule has 2 N–H and O–H groups in total. The number of nitrogens with zero attached hydrogens (tertiary/aromatic N) is 1. The number of hydrogen-bond acceptors (Lipinski definition) is 4. The van der Waals surface area contributed by atoms with Crippen molar-refractivity contribution in [2.45, 2.75) is 5.92 Å².